The Morgan fingerprint density at radius 3 is 2.12 bits per heavy atom. The molecule has 218 valence electrons. The van der Waals surface area contributed by atoms with Crippen LogP contribution in [0.5, 0.6) is 11.5 Å². The van der Waals surface area contributed by atoms with Crippen LogP contribution in [0.25, 0.3) is 0 Å². The summed E-state index contributed by atoms with van der Waals surface area (Å²) in [4.78, 5) is 29.3. The maximum atomic E-state index is 14.1. The number of carbonyl (C=O) groups is 2. The molecule has 10 heteroatoms. The van der Waals surface area contributed by atoms with Crippen molar-refractivity contribution in [2.75, 3.05) is 30.3 Å². The predicted octanol–water partition coefficient (Wildman–Crippen LogP) is 3.78. The van der Waals surface area contributed by atoms with Crippen LogP contribution in [0.3, 0.4) is 0 Å². The predicted molar refractivity (Wildman–Crippen MR) is 158 cm³/mol. The molecule has 3 aromatic carbocycles. The smallest absolute Gasteiger partial charge is 0.244 e. The van der Waals surface area contributed by atoms with Gasteiger partial charge in [-0.15, -0.1) is 0 Å². The van der Waals surface area contributed by atoms with Crippen molar-refractivity contribution in [1.82, 2.24) is 10.2 Å². The van der Waals surface area contributed by atoms with Crippen LogP contribution in [0, 0.1) is 0 Å². The Kier molecular flexibility index (Phi) is 9.88. The van der Waals surface area contributed by atoms with Crippen LogP contribution in [-0.2, 0) is 32.6 Å². The zero-order valence-corrected chi connectivity index (χ0v) is 24.5. The second kappa shape index (κ2) is 13.5. The maximum Gasteiger partial charge on any atom is 0.244 e. The lowest BCUT2D eigenvalue weighted by Crippen LogP contribution is -2.54. The van der Waals surface area contributed by atoms with Gasteiger partial charge in [0, 0.05) is 25.1 Å². The molecule has 0 radical (unpaired) electrons. The minimum absolute atomic E-state index is 0.0975. The van der Waals surface area contributed by atoms with E-state index in [9.17, 15) is 18.0 Å². The molecule has 0 aliphatic carbocycles. The lowest BCUT2D eigenvalue weighted by atomic mass is 10.0. The Labute approximate surface area is 242 Å². The van der Waals surface area contributed by atoms with Crippen molar-refractivity contribution in [3.8, 4) is 11.5 Å². The fraction of sp³-hybridized carbons (Fsp3) is 0.355. The lowest BCUT2D eigenvalue weighted by molar-refractivity contribution is -0.140. The lowest BCUT2D eigenvalue weighted by Gasteiger charge is -2.34. The van der Waals surface area contributed by atoms with Gasteiger partial charge in [-0.05, 0) is 36.6 Å². The Bertz CT molecular complexity index is 1430. The standard InChI is InChI=1S/C31H37N3O6S/c1-4-23(2)32-31(36)27(19-24-11-7-5-8-12-24)33(21-25-13-9-6-10-14-25)30(35)22-34(41(3,37)38)26-15-16-28-29(20-26)40-18-17-39-28/h5-16,20,23,27H,4,17-19,21-22H2,1-3H3,(H,32,36)/t23-,27+/m1/s1. The van der Waals surface area contributed by atoms with E-state index in [-0.39, 0.29) is 30.6 Å². The van der Waals surface area contributed by atoms with Gasteiger partial charge in [0.25, 0.3) is 0 Å². The number of carbonyl (C=O) groups excluding carboxylic acids is 2. The Balaban J connectivity index is 1.71. The van der Waals surface area contributed by atoms with Crippen LogP contribution < -0.4 is 19.1 Å². The molecule has 1 aliphatic rings. The highest BCUT2D eigenvalue weighted by molar-refractivity contribution is 7.92. The van der Waals surface area contributed by atoms with Gasteiger partial charge in [0.05, 0.1) is 11.9 Å². The number of sulfonamides is 1. The third kappa shape index (κ3) is 8.00. The first-order chi connectivity index (χ1) is 19.7. The Morgan fingerprint density at radius 1 is 0.902 bits per heavy atom. The molecular formula is C31H37N3O6S. The minimum atomic E-state index is -3.88. The Hall–Kier alpha value is -4.05. The van der Waals surface area contributed by atoms with Gasteiger partial charge in [-0.25, -0.2) is 8.42 Å². The summed E-state index contributed by atoms with van der Waals surface area (Å²) in [6, 6.07) is 22.6. The number of amides is 2. The van der Waals surface area contributed by atoms with Gasteiger partial charge in [-0.1, -0.05) is 67.6 Å². The number of ether oxygens (including phenoxy) is 2. The molecule has 0 saturated carbocycles. The maximum absolute atomic E-state index is 14.1. The summed E-state index contributed by atoms with van der Waals surface area (Å²) in [7, 11) is -3.88. The van der Waals surface area contributed by atoms with E-state index in [1.165, 1.54) is 4.90 Å². The van der Waals surface area contributed by atoms with E-state index in [0.29, 0.717) is 24.7 Å². The number of anilines is 1. The molecule has 1 aliphatic heterocycles. The summed E-state index contributed by atoms with van der Waals surface area (Å²) in [6.45, 7) is 4.26. The third-order valence-electron chi connectivity index (χ3n) is 6.96. The summed E-state index contributed by atoms with van der Waals surface area (Å²) >= 11 is 0. The number of nitrogens with zero attached hydrogens (tertiary/aromatic N) is 2. The first kappa shape index (κ1) is 29.9. The van der Waals surface area contributed by atoms with Crippen molar-refractivity contribution < 1.29 is 27.5 Å². The largest absolute Gasteiger partial charge is 0.486 e. The number of rotatable bonds is 12. The molecule has 0 aromatic heterocycles. The van der Waals surface area contributed by atoms with Crippen LogP contribution in [-0.4, -0.2) is 63.2 Å². The van der Waals surface area contributed by atoms with Crippen LogP contribution in [0.2, 0.25) is 0 Å². The first-order valence-corrected chi connectivity index (χ1v) is 15.6. The average molecular weight is 580 g/mol. The number of fused-ring (bicyclic) bond motifs is 1. The van der Waals surface area contributed by atoms with Crippen LogP contribution in [0.4, 0.5) is 5.69 Å². The van der Waals surface area contributed by atoms with E-state index in [0.717, 1.165) is 28.1 Å². The molecule has 2 atom stereocenters. The normalized spacial score (nSPS) is 14.0. The minimum Gasteiger partial charge on any atom is -0.486 e. The van der Waals surface area contributed by atoms with Gasteiger partial charge in [0.15, 0.2) is 11.5 Å². The summed E-state index contributed by atoms with van der Waals surface area (Å²) in [5, 5.41) is 3.03. The van der Waals surface area contributed by atoms with E-state index in [2.05, 4.69) is 5.32 Å². The molecule has 0 fully saturated rings. The van der Waals surface area contributed by atoms with Gasteiger partial charge in [-0.3, -0.25) is 13.9 Å². The zero-order valence-electron chi connectivity index (χ0n) is 23.7. The van der Waals surface area contributed by atoms with Crippen molar-refractivity contribution in [3.63, 3.8) is 0 Å². The van der Waals surface area contributed by atoms with Gasteiger partial charge in [-0.2, -0.15) is 0 Å². The van der Waals surface area contributed by atoms with E-state index >= 15 is 0 Å². The molecule has 2 amide bonds. The second-order valence-electron chi connectivity index (χ2n) is 10.1. The van der Waals surface area contributed by atoms with Gasteiger partial charge >= 0.3 is 0 Å². The molecule has 3 aromatic rings. The van der Waals surface area contributed by atoms with Crippen LogP contribution >= 0.6 is 0 Å². The summed E-state index contributed by atoms with van der Waals surface area (Å²) in [5.41, 5.74) is 1.98. The summed E-state index contributed by atoms with van der Waals surface area (Å²) in [6.07, 6.45) is 2.04. The molecular weight excluding hydrogens is 542 g/mol. The highest BCUT2D eigenvalue weighted by Gasteiger charge is 2.33. The molecule has 0 spiro atoms. The van der Waals surface area contributed by atoms with E-state index in [4.69, 9.17) is 9.47 Å². The molecule has 1 N–H and O–H groups in total. The molecule has 4 rings (SSSR count). The fourth-order valence-electron chi connectivity index (χ4n) is 4.58. The number of hydrogen-bond donors (Lipinski definition) is 1. The van der Waals surface area contributed by atoms with Crippen molar-refractivity contribution in [1.29, 1.82) is 0 Å². The van der Waals surface area contributed by atoms with Gasteiger partial charge in [0.1, 0.15) is 25.8 Å². The topological polar surface area (TPSA) is 105 Å². The van der Waals surface area contributed by atoms with Crippen molar-refractivity contribution >= 4 is 27.5 Å². The molecule has 9 nitrogen and oxygen atoms in total. The number of nitrogens with one attached hydrogen (secondary N) is 1. The highest BCUT2D eigenvalue weighted by Crippen LogP contribution is 2.34. The van der Waals surface area contributed by atoms with E-state index < -0.39 is 28.5 Å². The number of benzene rings is 3. The summed E-state index contributed by atoms with van der Waals surface area (Å²) < 4.78 is 38.3. The van der Waals surface area contributed by atoms with E-state index in [1.54, 1.807) is 18.2 Å². The van der Waals surface area contributed by atoms with E-state index in [1.807, 2.05) is 74.5 Å². The zero-order chi connectivity index (χ0) is 29.4. The van der Waals surface area contributed by atoms with Crippen LogP contribution in [0.1, 0.15) is 31.4 Å². The summed E-state index contributed by atoms with van der Waals surface area (Å²) in [5.74, 6) is 0.119. The van der Waals surface area contributed by atoms with Crippen LogP contribution in [0.15, 0.2) is 78.9 Å². The first-order valence-electron chi connectivity index (χ1n) is 13.7. The van der Waals surface area contributed by atoms with Gasteiger partial charge < -0.3 is 19.7 Å². The Morgan fingerprint density at radius 2 is 1.51 bits per heavy atom. The second-order valence-corrected chi connectivity index (χ2v) is 12.0. The molecule has 41 heavy (non-hydrogen) atoms. The van der Waals surface area contributed by atoms with Crippen molar-refractivity contribution in [2.45, 2.75) is 45.3 Å². The molecule has 0 saturated heterocycles. The molecule has 0 bridgehead atoms. The van der Waals surface area contributed by atoms with Crippen molar-refractivity contribution in [3.05, 3.63) is 90.0 Å². The quantitative estimate of drug-likeness (QED) is 0.350. The fourth-order valence-corrected chi connectivity index (χ4v) is 5.42. The monoisotopic (exact) mass is 579 g/mol. The average Bonchev–Trinajstić information content (AvgIpc) is 2.97. The highest BCUT2D eigenvalue weighted by atomic mass is 32.2. The van der Waals surface area contributed by atoms with Gasteiger partial charge in [0.2, 0.25) is 21.8 Å². The SMILES string of the molecule is CC[C@@H](C)NC(=O)[C@H](Cc1ccccc1)N(Cc1ccccc1)C(=O)CN(c1ccc2c(c1)OCCO2)S(C)(=O)=O. The van der Waals surface area contributed by atoms with Crippen molar-refractivity contribution in [2.24, 2.45) is 0 Å². The third-order valence-corrected chi connectivity index (χ3v) is 8.10. The molecule has 1 heterocycles. The molecule has 0 unspecified atom stereocenters. The number of hydrogen-bond acceptors (Lipinski definition) is 6.